The largest absolute Gasteiger partial charge is 0.443 e. The molecule has 3 aliphatic rings. The summed E-state index contributed by atoms with van der Waals surface area (Å²) < 4.78 is 38.2. The van der Waals surface area contributed by atoms with E-state index in [2.05, 4.69) is 0 Å². The maximum Gasteiger partial charge on any atom is 0.424 e. The normalized spacial score (nSPS) is 33.0. The summed E-state index contributed by atoms with van der Waals surface area (Å²) in [5.41, 5.74) is 0.00801. The van der Waals surface area contributed by atoms with Crippen molar-refractivity contribution >= 4 is 21.9 Å². The molecule has 1 aromatic carbocycles. The minimum absolute atomic E-state index is 0.00397. The fraction of sp³-hybridized carbons (Fsp3) is 0.600. The van der Waals surface area contributed by atoms with Gasteiger partial charge in [0, 0.05) is 11.5 Å². The lowest BCUT2D eigenvalue weighted by Crippen LogP contribution is -2.40. The molecule has 3 fully saturated rings. The quantitative estimate of drug-likeness (QED) is 0.701. The number of Topliss-reactive ketones (excluding diaryl/α,β-unsaturated/α-hetero) is 1. The maximum absolute atomic E-state index is 13.0. The minimum Gasteiger partial charge on any atom is -0.443 e. The van der Waals surface area contributed by atoms with Crippen LogP contribution in [0.15, 0.2) is 24.3 Å². The fourth-order valence-electron chi connectivity index (χ4n) is 4.64. The Morgan fingerprint density at radius 3 is 2.43 bits per heavy atom. The maximum atomic E-state index is 13.0. The zero-order valence-corrected chi connectivity index (χ0v) is 17.3. The number of fused-ring (bicyclic) bond motifs is 1. The first-order valence-corrected chi connectivity index (χ1v) is 11.0. The molecule has 0 saturated carbocycles. The first kappa shape index (κ1) is 19.4. The Morgan fingerprint density at radius 2 is 1.86 bits per heavy atom. The van der Waals surface area contributed by atoms with Crippen molar-refractivity contribution in [3.05, 3.63) is 35.4 Å². The van der Waals surface area contributed by atoms with Crippen molar-refractivity contribution in [3.8, 4) is 0 Å². The number of ketones is 1. The summed E-state index contributed by atoms with van der Waals surface area (Å²) >= 11 is 0. The standard InChI is InChI=1S/C20H25NO6S/c1-12(22)13-5-7-14(8-6-13)15-10-20-11-21(18(23)27-19(2,3)4)28(24,25)17(20)9-16(15)26-20/h5-8,15-17H,9-11H2,1-4H3/t15-,16-,17+,20+/m1/s1. The SMILES string of the molecule is CC(=O)c1ccc([C@H]2C[C@]34CN(C(=O)OC(C)(C)C)S(=O)(=O)[C@H]3C[C@H]2O4)cc1. The molecule has 3 heterocycles. The van der Waals surface area contributed by atoms with E-state index in [1.54, 1.807) is 32.9 Å². The average Bonchev–Trinajstić information content (AvgIpc) is 3.20. The Bertz CT molecular complexity index is 932. The molecule has 7 nitrogen and oxygen atoms in total. The zero-order valence-electron chi connectivity index (χ0n) is 16.5. The van der Waals surface area contributed by atoms with E-state index in [4.69, 9.17) is 9.47 Å². The van der Waals surface area contributed by atoms with Crippen molar-refractivity contribution in [2.75, 3.05) is 6.54 Å². The predicted octanol–water partition coefficient (Wildman–Crippen LogP) is 2.85. The predicted molar refractivity (Wildman–Crippen MR) is 102 cm³/mol. The highest BCUT2D eigenvalue weighted by Crippen LogP contribution is 2.57. The van der Waals surface area contributed by atoms with E-state index in [9.17, 15) is 18.0 Å². The monoisotopic (exact) mass is 407 g/mol. The lowest BCUT2D eigenvalue weighted by Gasteiger charge is -2.26. The van der Waals surface area contributed by atoms with Crippen molar-refractivity contribution < 1.29 is 27.5 Å². The molecule has 1 spiro atoms. The number of amides is 1. The molecule has 1 amide bonds. The van der Waals surface area contributed by atoms with Gasteiger partial charge in [-0.25, -0.2) is 17.5 Å². The summed E-state index contributed by atoms with van der Waals surface area (Å²) in [6.45, 7) is 6.63. The van der Waals surface area contributed by atoms with E-state index in [0.717, 1.165) is 9.87 Å². The number of rotatable bonds is 2. The highest BCUT2D eigenvalue weighted by Gasteiger charge is 2.69. The number of carbonyl (C=O) groups is 2. The van der Waals surface area contributed by atoms with Crippen LogP contribution in [0.25, 0.3) is 0 Å². The molecule has 28 heavy (non-hydrogen) atoms. The minimum atomic E-state index is -3.81. The Hall–Kier alpha value is -1.93. The molecule has 3 saturated heterocycles. The molecule has 4 atom stereocenters. The second-order valence-corrected chi connectivity index (χ2v) is 11.0. The summed E-state index contributed by atoms with van der Waals surface area (Å²) in [7, 11) is -3.81. The van der Waals surface area contributed by atoms with Crippen LogP contribution in [-0.2, 0) is 19.5 Å². The third-order valence-corrected chi connectivity index (χ3v) is 8.09. The Kier molecular flexibility index (Phi) is 4.18. The fourth-order valence-corrected chi connectivity index (χ4v) is 6.80. The van der Waals surface area contributed by atoms with Gasteiger partial charge in [-0.15, -0.1) is 0 Å². The average molecular weight is 407 g/mol. The van der Waals surface area contributed by atoms with Gasteiger partial charge in [0.2, 0.25) is 10.0 Å². The zero-order chi connectivity index (χ0) is 20.5. The van der Waals surface area contributed by atoms with Gasteiger partial charge in [0.15, 0.2) is 5.78 Å². The molecule has 2 bridgehead atoms. The van der Waals surface area contributed by atoms with Crippen molar-refractivity contribution in [1.82, 2.24) is 4.31 Å². The van der Waals surface area contributed by atoms with Gasteiger partial charge in [-0.3, -0.25) is 4.79 Å². The first-order valence-electron chi connectivity index (χ1n) is 9.46. The van der Waals surface area contributed by atoms with E-state index in [0.29, 0.717) is 18.4 Å². The van der Waals surface area contributed by atoms with Gasteiger partial charge >= 0.3 is 6.09 Å². The second kappa shape index (κ2) is 6.03. The van der Waals surface area contributed by atoms with E-state index in [-0.39, 0.29) is 24.3 Å². The topological polar surface area (TPSA) is 90.0 Å². The highest BCUT2D eigenvalue weighted by atomic mass is 32.2. The third kappa shape index (κ3) is 2.93. The second-order valence-electron chi connectivity index (χ2n) is 8.97. The van der Waals surface area contributed by atoms with Crippen molar-refractivity contribution in [1.29, 1.82) is 0 Å². The van der Waals surface area contributed by atoms with Crippen molar-refractivity contribution in [3.63, 3.8) is 0 Å². The van der Waals surface area contributed by atoms with Gasteiger partial charge in [0.25, 0.3) is 0 Å². The Labute approximate surface area is 165 Å². The van der Waals surface area contributed by atoms with Crippen LogP contribution in [0.4, 0.5) is 4.79 Å². The number of hydrogen-bond acceptors (Lipinski definition) is 6. The number of hydrogen-bond donors (Lipinski definition) is 0. The molecule has 8 heteroatoms. The molecule has 152 valence electrons. The molecule has 0 aliphatic carbocycles. The third-order valence-electron chi connectivity index (χ3n) is 5.85. The van der Waals surface area contributed by atoms with Crippen LogP contribution in [0, 0.1) is 0 Å². The van der Waals surface area contributed by atoms with Crippen LogP contribution in [0.3, 0.4) is 0 Å². The van der Waals surface area contributed by atoms with Gasteiger partial charge in [0.05, 0.1) is 12.6 Å². The Morgan fingerprint density at radius 1 is 1.21 bits per heavy atom. The number of sulfonamides is 1. The summed E-state index contributed by atoms with van der Waals surface area (Å²) in [6.07, 6.45) is -0.157. The molecule has 0 unspecified atom stereocenters. The van der Waals surface area contributed by atoms with Crippen molar-refractivity contribution in [2.24, 2.45) is 0 Å². The molecule has 0 aromatic heterocycles. The Balaban J connectivity index is 1.58. The smallest absolute Gasteiger partial charge is 0.424 e. The lowest BCUT2D eigenvalue weighted by molar-refractivity contribution is 0.000350. The van der Waals surface area contributed by atoms with E-state index >= 15 is 0 Å². The van der Waals surface area contributed by atoms with Crippen LogP contribution in [0.1, 0.15) is 62.4 Å². The van der Waals surface area contributed by atoms with E-state index in [1.807, 2.05) is 12.1 Å². The first-order chi connectivity index (χ1) is 12.9. The summed E-state index contributed by atoms with van der Waals surface area (Å²) in [4.78, 5) is 24.0. The van der Waals surface area contributed by atoms with E-state index in [1.165, 1.54) is 6.92 Å². The lowest BCUT2D eigenvalue weighted by atomic mass is 9.77. The molecule has 1 aromatic rings. The summed E-state index contributed by atoms with van der Waals surface area (Å²) in [5, 5.41) is -0.717. The number of nitrogens with zero attached hydrogens (tertiary/aromatic N) is 1. The van der Waals surface area contributed by atoms with Crippen LogP contribution >= 0.6 is 0 Å². The van der Waals surface area contributed by atoms with Gasteiger partial charge in [0.1, 0.15) is 16.5 Å². The van der Waals surface area contributed by atoms with Crippen LogP contribution in [0.2, 0.25) is 0 Å². The summed E-state index contributed by atoms with van der Waals surface area (Å²) in [5.74, 6) is 0.0512. The molecule has 0 N–H and O–H groups in total. The molecular formula is C20H25NO6S. The van der Waals surface area contributed by atoms with Crippen LogP contribution < -0.4 is 0 Å². The summed E-state index contributed by atoms with van der Waals surface area (Å²) in [6, 6.07) is 7.40. The van der Waals surface area contributed by atoms with Crippen molar-refractivity contribution in [2.45, 2.75) is 69.0 Å². The number of ether oxygens (including phenoxy) is 2. The van der Waals surface area contributed by atoms with Crippen LogP contribution in [0.5, 0.6) is 0 Å². The van der Waals surface area contributed by atoms with Gasteiger partial charge < -0.3 is 9.47 Å². The van der Waals surface area contributed by atoms with Gasteiger partial charge in [-0.05, 0) is 46.1 Å². The molecule has 3 aliphatic heterocycles. The molecule has 0 radical (unpaired) electrons. The number of benzene rings is 1. The highest BCUT2D eigenvalue weighted by molar-refractivity contribution is 7.90. The molecule has 4 rings (SSSR count). The van der Waals surface area contributed by atoms with E-state index < -0.39 is 32.6 Å². The van der Waals surface area contributed by atoms with Gasteiger partial charge in [-0.2, -0.15) is 0 Å². The number of carbonyl (C=O) groups excluding carboxylic acids is 2. The van der Waals surface area contributed by atoms with Gasteiger partial charge in [-0.1, -0.05) is 24.3 Å². The van der Waals surface area contributed by atoms with Crippen LogP contribution in [-0.4, -0.2) is 53.7 Å². The molecular weight excluding hydrogens is 382 g/mol.